The van der Waals surface area contributed by atoms with Gasteiger partial charge in [0.1, 0.15) is 6.10 Å². The van der Waals surface area contributed by atoms with E-state index in [-0.39, 0.29) is 12.1 Å². The first kappa shape index (κ1) is 10.3. The van der Waals surface area contributed by atoms with Crippen molar-refractivity contribution in [3.8, 4) is 0 Å². The zero-order chi connectivity index (χ0) is 9.52. The Labute approximate surface area is 79.2 Å². The molecule has 1 fully saturated rings. The summed E-state index contributed by atoms with van der Waals surface area (Å²) in [7, 11) is 0. The number of rotatable bonds is 4. The van der Waals surface area contributed by atoms with Crippen LogP contribution in [0.15, 0.2) is 12.7 Å². The molecular weight excluding hydrogens is 166 g/mol. The Morgan fingerprint density at radius 1 is 1.54 bits per heavy atom. The number of carbonyl (C=O) groups is 1. The first-order chi connectivity index (χ1) is 6.33. The van der Waals surface area contributed by atoms with Gasteiger partial charge in [0, 0.05) is 6.42 Å². The molecule has 3 nitrogen and oxygen atoms in total. The van der Waals surface area contributed by atoms with Crippen LogP contribution in [0.1, 0.15) is 25.7 Å². The second-order valence-electron chi connectivity index (χ2n) is 3.27. The second kappa shape index (κ2) is 5.75. The van der Waals surface area contributed by atoms with Crippen molar-refractivity contribution in [3.05, 3.63) is 12.7 Å². The fraction of sp³-hybridized carbons (Fsp3) is 0.700. The van der Waals surface area contributed by atoms with E-state index in [1.807, 2.05) is 0 Å². The van der Waals surface area contributed by atoms with Crippen molar-refractivity contribution in [1.82, 2.24) is 5.32 Å². The van der Waals surface area contributed by atoms with Crippen LogP contribution in [-0.4, -0.2) is 25.2 Å². The molecule has 1 aliphatic rings. The Bertz CT molecular complexity index is 174. The maximum absolute atomic E-state index is 11.2. The van der Waals surface area contributed by atoms with E-state index < -0.39 is 0 Å². The van der Waals surface area contributed by atoms with Gasteiger partial charge in [-0.3, -0.25) is 4.79 Å². The van der Waals surface area contributed by atoms with Crippen LogP contribution in [0.5, 0.6) is 0 Å². The highest BCUT2D eigenvalue weighted by Crippen LogP contribution is 2.08. The van der Waals surface area contributed by atoms with Crippen molar-refractivity contribution >= 4 is 5.97 Å². The van der Waals surface area contributed by atoms with E-state index in [1.54, 1.807) is 6.08 Å². The molecule has 1 aliphatic heterocycles. The van der Waals surface area contributed by atoms with Crippen LogP contribution in [0.4, 0.5) is 0 Å². The fourth-order valence-corrected chi connectivity index (χ4v) is 1.38. The van der Waals surface area contributed by atoms with E-state index in [4.69, 9.17) is 4.74 Å². The molecule has 0 unspecified atom stereocenters. The third-order valence-electron chi connectivity index (χ3n) is 2.14. The number of nitrogens with one attached hydrogen (secondary N) is 1. The topological polar surface area (TPSA) is 38.3 Å². The molecule has 1 rings (SSSR count). The van der Waals surface area contributed by atoms with Crippen molar-refractivity contribution in [1.29, 1.82) is 0 Å². The monoisotopic (exact) mass is 183 g/mol. The standard InChI is InChI=1S/C10H17NO2/c1-2-3-4-10(12)13-9-5-7-11-8-6-9/h2,9,11H,1,3-8H2. The van der Waals surface area contributed by atoms with E-state index in [2.05, 4.69) is 11.9 Å². The lowest BCUT2D eigenvalue weighted by atomic mass is 10.1. The molecule has 0 aliphatic carbocycles. The molecule has 0 aromatic carbocycles. The van der Waals surface area contributed by atoms with E-state index in [1.165, 1.54) is 0 Å². The van der Waals surface area contributed by atoms with E-state index >= 15 is 0 Å². The second-order valence-corrected chi connectivity index (χ2v) is 3.27. The Hall–Kier alpha value is -0.830. The number of carbonyl (C=O) groups excluding carboxylic acids is 1. The molecule has 0 spiro atoms. The van der Waals surface area contributed by atoms with E-state index in [0.29, 0.717) is 12.8 Å². The van der Waals surface area contributed by atoms with Crippen molar-refractivity contribution in [2.75, 3.05) is 13.1 Å². The van der Waals surface area contributed by atoms with Gasteiger partial charge in [0.05, 0.1) is 0 Å². The van der Waals surface area contributed by atoms with Gasteiger partial charge in [0.25, 0.3) is 0 Å². The van der Waals surface area contributed by atoms with Crippen LogP contribution in [0, 0.1) is 0 Å². The summed E-state index contributed by atoms with van der Waals surface area (Å²) in [5, 5.41) is 3.22. The zero-order valence-electron chi connectivity index (χ0n) is 7.92. The Morgan fingerprint density at radius 2 is 2.23 bits per heavy atom. The predicted octanol–water partition coefficient (Wildman–Crippen LogP) is 1.25. The number of ether oxygens (including phenoxy) is 1. The number of esters is 1. The molecular formula is C10H17NO2. The average molecular weight is 183 g/mol. The Kier molecular flexibility index (Phi) is 4.54. The lowest BCUT2D eigenvalue weighted by molar-refractivity contribution is -0.150. The first-order valence-electron chi connectivity index (χ1n) is 4.84. The van der Waals surface area contributed by atoms with Crippen LogP contribution in [-0.2, 0) is 9.53 Å². The largest absolute Gasteiger partial charge is 0.462 e. The average Bonchev–Trinajstić information content (AvgIpc) is 2.16. The normalized spacial score (nSPS) is 18.2. The van der Waals surface area contributed by atoms with Crippen LogP contribution < -0.4 is 5.32 Å². The van der Waals surface area contributed by atoms with Crippen molar-refractivity contribution < 1.29 is 9.53 Å². The van der Waals surface area contributed by atoms with Gasteiger partial charge in [-0.15, -0.1) is 6.58 Å². The molecule has 0 aromatic heterocycles. The lowest BCUT2D eigenvalue weighted by Gasteiger charge is -2.22. The highest BCUT2D eigenvalue weighted by Gasteiger charge is 2.16. The highest BCUT2D eigenvalue weighted by molar-refractivity contribution is 5.69. The number of hydrogen-bond acceptors (Lipinski definition) is 3. The van der Waals surface area contributed by atoms with Crippen LogP contribution in [0.2, 0.25) is 0 Å². The third kappa shape index (κ3) is 4.08. The van der Waals surface area contributed by atoms with Gasteiger partial charge in [-0.1, -0.05) is 6.08 Å². The van der Waals surface area contributed by atoms with E-state index in [0.717, 1.165) is 25.9 Å². The number of piperidine rings is 1. The van der Waals surface area contributed by atoms with Gasteiger partial charge >= 0.3 is 5.97 Å². The van der Waals surface area contributed by atoms with Gasteiger partial charge in [-0.2, -0.15) is 0 Å². The molecule has 0 amide bonds. The van der Waals surface area contributed by atoms with Gasteiger partial charge in [-0.05, 0) is 32.4 Å². The summed E-state index contributed by atoms with van der Waals surface area (Å²) < 4.78 is 5.27. The van der Waals surface area contributed by atoms with Crippen molar-refractivity contribution in [3.63, 3.8) is 0 Å². The van der Waals surface area contributed by atoms with Crippen LogP contribution >= 0.6 is 0 Å². The molecule has 0 aromatic rings. The number of allylic oxidation sites excluding steroid dienone is 1. The summed E-state index contributed by atoms with van der Waals surface area (Å²) in [6, 6.07) is 0. The van der Waals surface area contributed by atoms with Gasteiger partial charge < -0.3 is 10.1 Å². The maximum Gasteiger partial charge on any atom is 0.306 e. The minimum absolute atomic E-state index is 0.0909. The minimum atomic E-state index is -0.0909. The lowest BCUT2D eigenvalue weighted by Crippen LogP contribution is -2.33. The smallest absolute Gasteiger partial charge is 0.306 e. The number of hydrogen-bond donors (Lipinski definition) is 1. The van der Waals surface area contributed by atoms with Crippen LogP contribution in [0.3, 0.4) is 0 Å². The van der Waals surface area contributed by atoms with Gasteiger partial charge in [0.15, 0.2) is 0 Å². The highest BCUT2D eigenvalue weighted by atomic mass is 16.5. The first-order valence-corrected chi connectivity index (χ1v) is 4.84. The molecule has 0 bridgehead atoms. The molecule has 0 radical (unpaired) electrons. The Balaban J connectivity index is 2.14. The van der Waals surface area contributed by atoms with Crippen molar-refractivity contribution in [2.45, 2.75) is 31.8 Å². The van der Waals surface area contributed by atoms with E-state index in [9.17, 15) is 4.79 Å². The van der Waals surface area contributed by atoms with Crippen molar-refractivity contribution in [2.24, 2.45) is 0 Å². The molecule has 1 saturated heterocycles. The van der Waals surface area contributed by atoms with Gasteiger partial charge in [0.2, 0.25) is 0 Å². The molecule has 3 heteroatoms. The molecule has 0 saturated carbocycles. The molecule has 13 heavy (non-hydrogen) atoms. The molecule has 74 valence electrons. The molecule has 0 atom stereocenters. The SMILES string of the molecule is C=CCCC(=O)OC1CCNCC1. The quantitative estimate of drug-likeness (QED) is 0.526. The summed E-state index contributed by atoms with van der Waals surface area (Å²) in [6.07, 6.45) is 4.94. The Morgan fingerprint density at radius 3 is 2.85 bits per heavy atom. The van der Waals surface area contributed by atoms with Crippen LogP contribution in [0.25, 0.3) is 0 Å². The van der Waals surface area contributed by atoms with Gasteiger partial charge in [-0.25, -0.2) is 0 Å². The summed E-state index contributed by atoms with van der Waals surface area (Å²) in [6.45, 7) is 5.48. The molecule has 1 heterocycles. The summed E-state index contributed by atoms with van der Waals surface area (Å²) >= 11 is 0. The maximum atomic E-state index is 11.2. The third-order valence-corrected chi connectivity index (χ3v) is 2.14. The minimum Gasteiger partial charge on any atom is -0.462 e. The summed E-state index contributed by atoms with van der Waals surface area (Å²) in [5.41, 5.74) is 0. The summed E-state index contributed by atoms with van der Waals surface area (Å²) in [4.78, 5) is 11.2. The fourth-order valence-electron chi connectivity index (χ4n) is 1.38. The predicted molar refractivity (Wildman–Crippen MR) is 51.4 cm³/mol. The summed E-state index contributed by atoms with van der Waals surface area (Å²) in [5.74, 6) is -0.0909. The zero-order valence-corrected chi connectivity index (χ0v) is 7.92. The molecule has 1 N–H and O–H groups in total.